The van der Waals surface area contributed by atoms with E-state index >= 15 is 0 Å². The van der Waals surface area contributed by atoms with E-state index in [1.165, 1.54) is 27.6 Å². The molecule has 1 heterocycles. The third-order valence-electron chi connectivity index (χ3n) is 6.40. The van der Waals surface area contributed by atoms with Gasteiger partial charge in [0.15, 0.2) is 0 Å². The molecule has 1 aliphatic rings. The number of hydrogen-bond donors (Lipinski definition) is 0. The van der Waals surface area contributed by atoms with Crippen LogP contribution in [0.15, 0.2) is 89.8 Å². The lowest BCUT2D eigenvalue weighted by Crippen LogP contribution is -2.48. The predicted octanol–water partition coefficient (Wildman–Crippen LogP) is 4.84. The fourth-order valence-electron chi connectivity index (χ4n) is 4.59. The SMILES string of the molecule is COc1ccc(S[C@]2(C(=O)N(C)C)CC(=O)N(C(=O)/C=C/c3ccccc3)[C@@H]2c2ccc(OC)cc2)cc1. The highest BCUT2D eigenvalue weighted by atomic mass is 32.2. The largest absolute Gasteiger partial charge is 0.497 e. The molecule has 0 saturated carbocycles. The molecular weight excluding hydrogens is 500 g/mol. The Bertz CT molecular complexity index is 1320. The average molecular weight is 531 g/mol. The van der Waals surface area contributed by atoms with Gasteiger partial charge in [-0.3, -0.25) is 19.3 Å². The summed E-state index contributed by atoms with van der Waals surface area (Å²) < 4.78 is 9.31. The Kier molecular flexibility index (Phi) is 8.22. The van der Waals surface area contributed by atoms with E-state index < -0.39 is 22.6 Å². The van der Waals surface area contributed by atoms with Crippen LogP contribution in [-0.2, 0) is 14.4 Å². The first kappa shape index (κ1) is 27.0. The van der Waals surface area contributed by atoms with Gasteiger partial charge < -0.3 is 14.4 Å². The van der Waals surface area contributed by atoms with E-state index in [-0.39, 0.29) is 12.3 Å². The van der Waals surface area contributed by atoms with E-state index in [4.69, 9.17) is 9.47 Å². The zero-order chi connectivity index (χ0) is 27.3. The van der Waals surface area contributed by atoms with Gasteiger partial charge in [-0.15, -0.1) is 11.8 Å². The molecule has 7 nitrogen and oxygen atoms in total. The maximum Gasteiger partial charge on any atom is 0.253 e. The van der Waals surface area contributed by atoms with Crippen molar-refractivity contribution >= 4 is 35.6 Å². The van der Waals surface area contributed by atoms with Gasteiger partial charge in [-0.1, -0.05) is 42.5 Å². The van der Waals surface area contributed by atoms with Crippen molar-refractivity contribution in [3.63, 3.8) is 0 Å². The number of nitrogens with zero attached hydrogens (tertiary/aromatic N) is 2. The summed E-state index contributed by atoms with van der Waals surface area (Å²) in [6.07, 6.45) is 2.92. The Balaban J connectivity index is 1.83. The number of carbonyl (C=O) groups is 3. The molecule has 38 heavy (non-hydrogen) atoms. The Morgan fingerprint density at radius 1 is 0.921 bits per heavy atom. The summed E-state index contributed by atoms with van der Waals surface area (Å²) in [6, 6.07) is 23.0. The standard InChI is InChI=1S/C30H30N2O5S/c1-31(2)29(35)30(38-25-17-15-24(37-4)16-18-25)20-27(34)32(26(33)19-10-21-8-6-5-7-9-21)28(30)22-11-13-23(36-3)14-12-22/h5-19,28H,20H2,1-4H3/b19-10+/t28-,30-/m1/s1. The molecule has 0 radical (unpaired) electrons. The smallest absolute Gasteiger partial charge is 0.253 e. The number of carbonyl (C=O) groups excluding carboxylic acids is 3. The molecule has 1 saturated heterocycles. The normalized spacial score (nSPS) is 19.0. The minimum Gasteiger partial charge on any atom is -0.497 e. The molecular formula is C30H30N2O5S. The molecule has 0 bridgehead atoms. The molecule has 1 fully saturated rings. The van der Waals surface area contributed by atoms with E-state index in [0.29, 0.717) is 17.1 Å². The molecule has 0 N–H and O–H groups in total. The van der Waals surface area contributed by atoms with E-state index in [1.54, 1.807) is 70.8 Å². The molecule has 0 unspecified atom stereocenters. The molecule has 2 atom stereocenters. The molecule has 3 aromatic rings. The summed E-state index contributed by atoms with van der Waals surface area (Å²) in [7, 11) is 6.47. The predicted molar refractivity (Wildman–Crippen MR) is 148 cm³/mol. The van der Waals surface area contributed by atoms with Crippen molar-refractivity contribution in [2.45, 2.75) is 22.1 Å². The van der Waals surface area contributed by atoms with Gasteiger partial charge in [-0.2, -0.15) is 0 Å². The highest BCUT2D eigenvalue weighted by Gasteiger charge is 2.60. The number of ether oxygens (including phenoxy) is 2. The van der Waals surface area contributed by atoms with Crippen molar-refractivity contribution in [2.24, 2.45) is 0 Å². The number of likely N-dealkylation sites (tertiary alicyclic amines) is 1. The molecule has 4 rings (SSSR count). The van der Waals surface area contributed by atoms with E-state index in [2.05, 4.69) is 0 Å². The summed E-state index contributed by atoms with van der Waals surface area (Å²) in [5, 5.41) is 0. The summed E-state index contributed by atoms with van der Waals surface area (Å²) in [5.41, 5.74) is 1.49. The monoisotopic (exact) mass is 530 g/mol. The van der Waals surface area contributed by atoms with Gasteiger partial charge in [0.2, 0.25) is 11.8 Å². The van der Waals surface area contributed by atoms with Crippen molar-refractivity contribution in [2.75, 3.05) is 28.3 Å². The number of amides is 3. The fraction of sp³-hybridized carbons (Fsp3) is 0.233. The molecule has 1 aliphatic heterocycles. The summed E-state index contributed by atoms with van der Waals surface area (Å²) in [5.74, 6) is 0.162. The van der Waals surface area contributed by atoms with Gasteiger partial charge in [0.05, 0.1) is 26.7 Å². The van der Waals surface area contributed by atoms with Gasteiger partial charge in [0.1, 0.15) is 16.2 Å². The number of thioether (sulfide) groups is 1. The van der Waals surface area contributed by atoms with Crippen LogP contribution >= 0.6 is 11.8 Å². The minimum absolute atomic E-state index is 0.137. The van der Waals surface area contributed by atoms with Crippen LogP contribution in [0.1, 0.15) is 23.6 Å². The second-order valence-corrected chi connectivity index (χ2v) is 10.5. The lowest BCUT2D eigenvalue weighted by atomic mass is 9.91. The molecule has 0 aliphatic carbocycles. The summed E-state index contributed by atoms with van der Waals surface area (Å²) in [4.78, 5) is 44.6. The first-order valence-electron chi connectivity index (χ1n) is 12.1. The molecule has 0 spiro atoms. The van der Waals surface area contributed by atoms with Crippen LogP contribution in [0.5, 0.6) is 11.5 Å². The number of rotatable bonds is 8. The lowest BCUT2D eigenvalue weighted by Gasteiger charge is -2.37. The molecule has 3 aromatic carbocycles. The topological polar surface area (TPSA) is 76.2 Å². The van der Waals surface area contributed by atoms with E-state index in [9.17, 15) is 14.4 Å². The highest BCUT2D eigenvalue weighted by Crippen LogP contribution is 2.53. The second-order valence-electron chi connectivity index (χ2n) is 9.07. The van der Waals surface area contributed by atoms with Crippen molar-refractivity contribution in [1.82, 2.24) is 9.80 Å². The Morgan fingerprint density at radius 2 is 1.50 bits per heavy atom. The van der Waals surface area contributed by atoms with Crippen molar-refractivity contribution < 1.29 is 23.9 Å². The van der Waals surface area contributed by atoms with Gasteiger partial charge in [-0.25, -0.2) is 0 Å². The highest BCUT2D eigenvalue weighted by molar-refractivity contribution is 8.01. The van der Waals surface area contributed by atoms with Crippen LogP contribution in [0.2, 0.25) is 0 Å². The Labute approximate surface area is 227 Å². The quantitative estimate of drug-likeness (QED) is 0.388. The average Bonchev–Trinajstić information content (AvgIpc) is 3.24. The van der Waals surface area contributed by atoms with Crippen LogP contribution < -0.4 is 9.47 Å². The Hall–Kier alpha value is -4.04. The zero-order valence-electron chi connectivity index (χ0n) is 21.8. The second kappa shape index (κ2) is 11.6. The van der Waals surface area contributed by atoms with Crippen LogP contribution in [0.25, 0.3) is 6.08 Å². The van der Waals surface area contributed by atoms with Crippen molar-refractivity contribution in [3.05, 3.63) is 96.1 Å². The number of imide groups is 1. The maximum atomic E-state index is 13.9. The van der Waals surface area contributed by atoms with Crippen LogP contribution in [0.4, 0.5) is 0 Å². The van der Waals surface area contributed by atoms with Gasteiger partial charge in [-0.05, 0) is 53.6 Å². The minimum atomic E-state index is -1.29. The van der Waals surface area contributed by atoms with Gasteiger partial charge >= 0.3 is 0 Å². The molecule has 8 heteroatoms. The van der Waals surface area contributed by atoms with Crippen LogP contribution in [0, 0.1) is 0 Å². The van der Waals surface area contributed by atoms with Crippen LogP contribution in [0.3, 0.4) is 0 Å². The molecule has 196 valence electrons. The Morgan fingerprint density at radius 3 is 2.05 bits per heavy atom. The fourth-order valence-corrected chi connectivity index (χ4v) is 6.10. The molecule has 3 amide bonds. The maximum absolute atomic E-state index is 13.9. The summed E-state index contributed by atoms with van der Waals surface area (Å²) >= 11 is 1.29. The molecule has 0 aromatic heterocycles. The number of benzene rings is 3. The van der Waals surface area contributed by atoms with Crippen molar-refractivity contribution in [1.29, 1.82) is 0 Å². The number of methoxy groups -OCH3 is 2. The van der Waals surface area contributed by atoms with Crippen molar-refractivity contribution in [3.8, 4) is 11.5 Å². The summed E-state index contributed by atoms with van der Waals surface area (Å²) in [6.45, 7) is 0. The third-order valence-corrected chi connectivity index (χ3v) is 7.81. The van der Waals surface area contributed by atoms with Crippen LogP contribution in [-0.4, -0.2) is 60.6 Å². The van der Waals surface area contributed by atoms with Gasteiger partial charge in [0, 0.05) is 25.1 Å². The van der Waals surface area contributed by atoms with E-state index in [0.717, 1.165) is 10.5 Å². The first-order chi connectivity index (χ1) is 18.3. The lowest BCUT2D eigenvalue weighted by molar-refractivity contribution is -0.140. The third kappa shape index (κ3) is 5.45. The van der Waals surface area contributed by atoms with E-state index in [1.807, 2.05) is 42.5 Å². The zero-order valence-corrected chi connectivity index (χ0v) is 22.6. The first-order valence-corrected chi connectivity index (χ1v) is 12.9. The number of hydrogen-bond acceptors (Lipinski definition) is 6. The van der Waals surface area contributed by atoms with Gasteiger partial charge in [0.25, 0.3) is 5.91 Å².